The van der Waals surface area contributed by atoms with Crippen molar-refractivity contribution in [1.29, 1.82) is 0 Å². The molecule has 0 unspecified atom stereocenters. The van der Waals surface area contributed by atoms with Crippen molar-refractivity contribution in [2.75, 3.05) is 7.11 Å². The average molecular weight is 255 g/mol. The highest BCUT2D eigenvalue weighted by atomic mass is 35.5. The van der Waals surface area contributed by atoms with Gasteiger partial charge in [-0.25, -0.2) is 4.98 Å². The fourth-order valence-corrected chi connectivity index (χ4v) is 1.83. The second-order valence-electron chi connectivity index (χ2n) is 3.42. The third-order valence-corrected chi connectivity index (χ3v) is 2.63. The zero-order valence-corrected chi connectivity index (χ0v) is 10.1. The maximum atomic E-state index is 10.1. The molecular weight excluding hydrogens is 244 g/mol. The Morgan fingerprint density at radius 2 is 2.24 bits per heavy atom. The first kappa shape index (κ1) is 11.9. The standard InChI is InChI=1S/C11H11ClN2O3/c1-6-8(9(15)7-4-3-5-17-7)10(12)14-11(13-6)16-2/h3-5,9,15H,1-2H3/t9-/m1/s1. The Morgan fingerprint density at radius 3 is 2.76 bits per heavy atom. The van der Waals surface area contributed by atoms with Crippen LogP contribution in [0.2, 0.25) is 5.15 Å². The van der Waals surface area contributed by atoms with Crippen molar-refractivity contribution in [3.63, 3.8) is 0 Å². The fraction of sp³-hybridized carbons (Fsp3) is 0.273. The van der Waals surface area contributed by atoms with Crippen LogP contribution in [0.3, 0.4) is 0 Å². The van der Waals surface area contributed by atoms with Crippen molar-refractivity contribution < 1.29 is 14.3 Å². The zero-order chi connectivity index (χ0) is 12.4. The third-order valence-electron chi connectivity index (χ3n) is 2.34. The molecule has 5 nitrogen and oxygen atoms in total. The monoisotopic (exact) mass is 254 g/mol. The normalized spacial score (nSPS) is 12.5. The maximum absolute atomic E-state index is 10.1. The maximum Gasteiger partial charge on any atom is 0.317 e. The van der Waals surface area contributed by atoms with Crippen LogP contribution >= 0.6 is 11.6 Å². The van der Waals surface area contributed by atoms with Gasteiger partial charge in [-0.05, 0) is 19.1 Å². The van der Waals surface area contributed by atoms with Crippen LogP contribution in [0, 0.1) is 6.92 Å². The Kier molecular flexibility index (Phi) is 3.31. The van der Waals surface area contributed by atoms with E-state index in [0.717, 1.165) is 0 Å². The molecule has 0 aromatic carbocycles. The second-order valence-corrected chi connectivity index (χ2v) is 3.78. The highest BCUT2D eigenvalue weighted by molar-refractivity contribution is 6.30. The summed E-state index contributed by atoms with van der Waals surface area (Å²) >= 11 is 5.99. The van der Waals surface area contributed by atoms with Gasteiger partial charge in [-0.1, -0.05) is 11.6 Å². The quantitative estimate of drug-likeness (QED) is 0.850. The summed E-state index contributed by atoms with van der Waals surface area (Å²) < 4.78 is 10.0. The van der Waals surface area contributed by atoms with Gasteiger partial charge in [0.2, 0.25) is 0 Å². The van der Waals surface area contributed by atoms with E-state index in [0.29, 0.717) is 17.0 Å². The van der Waals surface area contributed by atoms with Crippen LogP contribution in [0.1, 0.15) is 23.1 Å². The van der Waals surface area contributed by atoms with Gasteiger partial charge in [-0.3, -0.25) is 0 Å². The van der Waals surface area contributed by atoms with Gasteiger partial charge in [-0.15, -0.1) is 0 Å². The van der Waals surface area contributed by atoms with E-state index in [1.807, 2.05) is 0 Å². The molecule has 6 heteroatoms. The topological polar surface area (TPSA) is 68.4 Å². The van der Waals surface area contributed by atoms with Crippen molar-refractivity contribution >= 4 is 11.6 Å². The van der Waals surface area contributed by atoms with Crippen molar-refractivity contribution in [1.82, 2.24) is 9.97 Å². The molecule has 1 N–H and O–H groups in total. The molecule has 0 aliphatic carbocycles. The van der Waals surface area contributed by atoms with E-state index in [1.54, 1.807) is 19.1 Å². The van der Waals surface area contributed by atoms with E-state index in [9.17, 15) is 5.11 Å². The number of methoxy groups -OCH3 is 1. The molecule has 1 atom stereocenters. The van der Waals surface area contributed by atoms with Crippen LogP contribution in [0.15, 0.2) is 22.8 Å². The molecule has 0 saturated heterocycles. The molecular formula is C11H11ClN2O3. The lowest BCUT2D eigenvalue weighted by Gasteiger charge is -2.12. The first-order valence-electron chi connectivity index (χ1n) is 4.93. The Balaban J connectivity index is 2.45. The number of halogens is 1. The number of hydrogen-bond donors (Lipinski definition) is 1. The van der Waals surface area contributed by atoms with Crippen LogP contribution in [0.4, 0.5) is 0 Å². The average Bonchev–Trinajstić information content (AvgIpc) is 2.81. The minimum Gasteiger partial charge on any atom is -0.467 e. The largest absolute Gasteiger partial charge is 0.467 e. The van der Waals surface area contributed by atoms with E-state index in [2.05, 4.69) is 9.97 Å². The predicted molar refractivity (Wildman–Crippen MR) is 61.1 cm³/mol. The fourth-order valence-electron chi connectivity index (χ4n) is 1.51. The van der Waals surface area contributed by atoms with E-state index in [-0.39, 0.29) is 11.2 Å². The van der Waals surface area contributed by atoms with E-state index in [4.69, 9.17) is 20.8 Å². The highest BCUT2D eigenvalue weighted by Gasteiger charge is 2.21. The van der Waals surface area contributed by atoms with Gasteiger partial charge in [0.25, 0.3) is 0 Å². The molecule has 2 heterocycles. The summed E-state index contributed by atoms with van der Waals surface area (Å²) in [5.41, 5.74) is 0.966. The molecule has 0 bridgehead atoms. The second kappa shape index (κ2) is 4.73. The number of aliphatic hydroxyl groups is 1. The van der Waals surface area contributed by atoms with E-state index in [1.165, 1.54) is 13.4 Å². The lowest BCUT2D eigenvalue weighted by atomic mass is 10.1. The summed E-state index contributed by atoms with van der Waals surface area (Å²) in [6.45, 7) is 1.72. The summed E-state index contributed by atoms with van der Waals surface area (Å²) in [6.07, 6.45) is 0.495. The Hall–Kier alpha value is -1.59. The number of aromatic nitrogens is 2. The van der Waals surface area contributed by atoms with Crippen molar-refractivity contribution in [3.05, 3.63) is 40.6 Å². The molecule has 0 fully saturated rings. The molecule has 2 aromatic heterocycles. The van der Waals surface area contributed by atoms with Gasteiger partial charge < -0.3 is 14.3 Å². The molecule has 0 radical (unpaired) electrons. The van der Waals surface area contributed by atoms with Crippen LogP contribution in [0.5, 0.6) is 6.01 Å². The third kappa shape index (κ3) is 2.25. The van der Waals surface area contributed by atoms with Crippen molar-refractivity contribution in [2.45, 2.75) is 13.0 Å². The van der Waals surface area contributed by atoms with Gasteiger partial charge in [-0.2, -0.15) is 4.98 Å². The summed E-state index contributed by atoms with van der Waals surface area (Å²) in [6, 6.07) is 3.51. The summed E-state index contributed by atoms with van der Waals surface area (Å²) in [7, 11) is 1.45. The number of rotatable bonds is 3. The summed E-state index contributed by atoms with van der Waals surface area (Å²) in [4.78, 5) is 7.98. The van der Waals surface area contributed by atoms with E-state index < -0.39 is 6.10 Å². The van der Waals surface area contributed by atoms with Crippen LogP contribution in [-0.4, -0.2) is 22.2 Å². The number of hydrogen-bond acceptors (Lipinski definition) is 5. The minimum atomic E-state index is -0.983. The zero-order valence-electron chi connectivity index (χ0n) is 9.35. The Bertz CT molecular complexity index is 490. The highest BCUT2D eigenvalue weighted by Crippen LogP contribution is 2.30. The SMILES string of the molecule is COc1nc(C)c([C@H](O)c2ccco2)c(Cl)n1. The van der Waals surface area contributed by atoms with Gasteiger partial charge in [0, 0.05) is 5.56 Å². The van der Waals surface area contributed by atoms with Gasteiger partial charge >= 0.3 is 6.01 Å². The molecule has 2 aromatic rings. The summed E-state index contributed by atoms with van der Waals surface area (Å²) in [5, 5.41) is 10.3. The molecule has 90 valence electrons. The minimum absolute atomic E-state index is 0.151. The molecule has 2 rings (SSSR count). The first-order valence-corrected chi connectivity index (χ1v) is 5.30. The van der Waals surface area contributed by atoms with Gasteiger partial charge in [0.15, 0.2) is 0 Å². The van der Waals surface area contributed by atoms with E-state index >= 15 is 0 Å². The van der Waals surface area contributed by atoms with Crippen LogP contribution in [0.25, 0.3) is 0 Å². The molecule has 0 saturated carbocycles. The van der Waals surface area contributed by atoms with Crippen molar-refractivity contribution in [2.24, 2.45) is 0 Å². The Morgan fingerprint density at radius 1 is 1.47 bits per heavy atom. The number of aliphatic hydroxyl groups excluding tert-OH is 1. The van der Waals surface area contributed by atoms with Crippen molar-refractivity contribution in [3.8, 4) is 6.01 Å². The molecule has 0 amide bonds. The smallest absolute Gasteiger partial charge is 0.317 e. The van der Waals surface area contributed by atoms with Crippen LogP contribution in [-0.2, 0) is 0 Å². The predicted octanol–water partition coefficient (Wildman–Crippen LogP) is 2.12. The number of nitrogens with zero attached hydrogens (tertiary/aromatic N) is 2. The molecule has 0 spiro atoms. The number of aryl methyl sites for hydroxylation is 1. The summed E-state index contributed by atoms with van der Waals surface area (Å²) in [5.74, 6) is 0.392. The number of furan rings is 1. The lowest BCUT2D eigenvalue weighted by molar-refractivity contribution is 0.187. The molecule has 0 aliphatic heterocycles. The molecule has 17 heavy (non-hydrogen) atoms. The lowest BCUT2D eigenvalue weighted by Crippen LogP contribution is -2.06. The van der Waals surface area contributed by atoms with Gasteiger partial charge in [0.05, 0.1) is 19.1 Å². The van der Waals surface area contributed by atoms with Gasteiger partial charge in [0.1, 0.15) is 17.0 Å². The Labute approximate surface area is 103 Å². The number of ether oxygens (including phenoxy) is 1. The van der Waals surface area contributed by atoms with Crippen LogP contribution < -0.4 is 4.74 Å². The molecule has 0 aliphatic rings. The first-order chi connectivity index (χ1) is 8.13.